The standard InChI is InChI=1S/C35H44O3/c1-7-11-27(29(8-2)33(37)14-22(5)36)15-24-16-32-30(21(3)4)20-31(23(6)35(32)34(38)17-24)28-18-25-12-9-10-13-26(25)19-28/h9-10,12-13,18,20-21,24,27,29H,7-8,11,14-17,19H2,1-6H3. The van der Waals surface area contributed by atoms with Gasteiger partial charge in [0.2, 0.25) is 0 Å². The Kier molecular flexibility index (Phi) is 8.85. The van der Waals surface area contributed by atoms with Crippen LogP contribution in [0.25, 0.3) is 11.6 Å². The zero-order valence-electron chi connectivity index (χ0n) is 24.2. The highest BCUT2D eigenvalue weighted by atomic mass is 16.1. The number of carbonyl (C=O) groups is 3. The Balaban J connectivity index is 1.66. The van der Waals surface area contributed by atoms with Gasteiger partial charge in [0.05, 0.1) is 6.42 Å². The maximum absolute atomic E-state index is 13.8. The van der Waals surface area contributed by atoms with Crippen LogP contribution in [0, 0.1) is 24.7 Å². The van der Waals surface area contributed by atoms with Crippen molar-refractivity contribution in [1.29, 1.82) is 0 Å². The average molecular weight is 513 g/mol. The van der Waals surface area contributed by atoms with Gasteiger partial charge in [-0.25, -0.2) is 0 Å². The second kappa shape index (κ2) is 11.9. The van der Waals surface area contributed by atoms with Gasteiger partial charge in [0.1, 0.15) is 11.6 Å². The van der Waals surface area contributed by atoms with E-state index in [0.29, 0.717) is 12.3 Å². The van der Waals surface area contributed by atoms with Gasteiger partial charge >= 0.3 is 0 Å². The molecule has 0 N–H and O–H groups in total. The summed E-state index contributed by atoms with van der Waals surface area (Å²) in [5, 5.41) is 0. The molecule has 0 heterocycles. The molecule has 2 aromatic rings. The van der Waals surface area contributed by atoms with Crippen LogP contribution in [0.15, 0.2) is 30.3 Å². The number of carbonyl (C=O) groups excluding carboxylic acids is 3. The van der Waals surface area contributed by atoms with E-state index in [0.717, 1.165) is 49.7 Å². The van der Waals surface area contributed by atoms with Gasteiger partial charge in [-0.1, -0.05) is 76.9 Å². The summed E-state index contributed by atoms with van der Waals surface area (Å²) in [5.41, 5.74) is 9.76. The average Bonchev–Trinajstić information content (AvgIpc) is 3.28. The van der Waals surface area contributed by atoms with E-state index in [9.17, 15) is 14.4 Å². The second-order valence-corrected chi connectivity index (χ2v) is 12.0. The van der Waals surface area contributed by atoms with Crippen LogP contribution in [0.3, 0.4) is 0 Å². The van der Waals surface area contributed by atoms with Gasteiger partial charge in [0, 0.05) is 17.9 Å². The van der Waals surface area contributed by atoms with Crippen molar-refractivity contribution in [3.8, 4) is 0 Å². The first-order valence-corrected chi connectivity index (χ1v) is 14.6. The normalized spacial score (nSPS) is 18.1. The summed E-state index contributed by atoms with van der Waals surface area (Å²) in [4.78, 5) is 38.4. The fourth-order valence-corrected chi connectivity index (χ4v) is 7.13. The Morgan fingerprint density at radius 2 is 1.82 bits per heavy atom. The van der Waals surface area contributed by atoms with E-state index >= 15 is 0 Å². The highest BCUT2D eigenvalue weighted by Crippen LogP contribution is 2.42. The molecule has 0 bridgehead atoms. The Labute approximate surface area is 229 Å². The number of fused-ring (bicyclic) bond motifs is 2. The number of ketones is 3. The summed E-state index contributed by atoms with van der Waals surface area (Å²) in [7, 11) is 0. The molecular formula is C35H44O3. The van der Waals surface area contributed by atoms with Crippen molar-refractivity contribution in [1.82, 2.24) is 0 Å². The fraction of sp³-hybridized carbons (Fsp3) is 0.514. The molecule has 0 spiro atoms. The highest BCUT2D eigenvalue weighted by molar-refractivity contribution is 6.03. The number of hydrogen-bond donors (Lipinski definition) is 0. The molecule has 0 saturated heterocycles. The van der Waals surface area contributed by atoms with Crippen LogP contribution >= 0.6 is 0 Å². The first-order chi connectivity index (χ1) is 18.1. The van der Waals surface area contributed by atoms with Crippen LogP contribution < -0.4 is 0 Å². The summed E-state index contributed by atoms with van der Waals surface area (Å²) in [6.45, 7) is 12.3. The minimum atomic E-state index is -0.0973. The van der Waals surface area contributed by atoms with Gasteiger partial charge in [-0.3, -0.25) is 14.4 Å². The third kappa shape index (κ3) is 5.77. The number of hydrogen-bond acceptors (Lipinski definition) is 3. The quantitative estimate of drug-likeness (QED) is 0.284. The largest absolute Gasteiger partial charge is 0.300 e. The van der Waals surface area contributed by atoms with E-state index in [1.165, 1.54) is 40.3 Å². The monoisotopic (exact) mass is 512 g/mol. The van der Waals surface area contributed by atoms with E-state index in [1.807, 2.05) is 0 Å². The first-order valence-electron chi connectivity index (χ1n) is 14.6. The molecule has 3 unspecified atom stereocenters. The van der Waals surface area contributed by atoms with Crippen molar-refractivity contribution in [2.75, 3.05) is 0 Å². The van der Waals surface area contributed by atoms with E-state index in [-0.39, 0.29) is 41.5 Å². The lowest BCUT2D eigenvalue weighted by Crippen LogP contribution is -2.30. The molecule has 3 heteroatoms. The number of benzene rings is 2. The molecular weight excluding hydrogens is 468 g/mol. The van der Waals surface area contributed by atoms with E-state index < -0.39 is 0 Å². The van der Waals surface area contributed by atoms with Crippen molar-refractivity contribution < 1.29 is 14.4 Å². The van der Waals surface area contributed by atoms with Gasteiger partial charge in [0.25, 0.3) is 0 Å². The maximum Gasteiger partial charge on any atom is 0.163 e. The number of Topliss-reactive ketones (excluding diaryl/α,β-unsaturated/α-hetero) is 3. The molecule has 3 nitrogen and oxygen atoms in total. The van der Waals surface area contributed by atoms with Gasteiger partial charge in [-0.2, -0.15) is 0 Å². The lowest BCUT2D eigenvalue weighted by atomic mass is 9.70. The highest BCUT2D eigenvalue weighted by Gasteiger charge is 2.35. The Hall–Kier alpha value is -2.81. The van der Waals surface area contributed by atoms with Crippen molar-refractivity contribution in [2.24, 2.45) is 17.8 Å². The van der Waals surface area contributed by atoms with Crippen LogP contribution in [0.4, 0.5) is 0 Å². The van der Waals surface area contributed by atoms with Gasteiger partial charge in [-0.05, 0) is 96.2 Å². The lowest BCUT2D eigenvalue weighted by molar-refractivity contribution is -0.129. The molecule has 0 saturated carbocycles. The molecule has 2 aromatic carbocycles. The van der Waals surface area contributed by atoms with Crippen molar-refractivity contribution in [2.45, 2.75) is 98.8 Å². The minimum Gasteiger partial charge on any atom is -0.300 e. The molecule has 4 rings (SSSR count). The maximum atomic E-state index is 13.8. The van der Waals surface area contributed by atoms with Crippen LogP contribution in [0.5, 0.6) is 0 Å². The molecule has 3 atom stereocenters. The molecule has 2 aliphatic carbocycles. The molecule has 0 amide bonds. The molecule has 38 heavy (non-hydrogen) atoms. The predicted molar refractivity (Wildman–Crippen MR) is 157 cm³/mol. The summed E-state index contributed by atoms with van der Waals surface area (Å²) >= 11 is 0. The van der Waals surface area contributed by atoms with Crippen LogP contribution in [0.1, 0.15) is 123 Å². The zero-order chi connectivity index (χ0) is 27.6. The molecule has 2 aliphatic rings. The summed E-state index contributed by atoms with van der Waals surface area (Å²) in [5.74, 6) is 0.969. The van der Waals surface area contributed by atoms with Crippen molar-refractivity contribution >= 4 is 29.0 Å². The fourth-order valence-electron chi connectivity index (χ4n) is 7.13. The predicted octanol–water partition coefficient (Wildman–Crippen LogP) is 8.34. The summed E-state index contributed by atoms with van der Waals surface area (Å²) in [6.07, 6.45) is 8.28. The smallest absolute Gasteiger partial charge is 0.163 e. The van der Waals surface area contributed by atoms with Crippen molar-refractivity contribution in [3.63, 3.8) is 0 Å². The van der Waals surface area contributed by atoms with Crippen molar-refractivity contribution in [3.05, 3.63) is 69.3 Å². The topological polar surface area (TPSA) is 51.2 Å². The van der Waals surface area contributed by atoms with Gasteiger partial charge in [-0.15, -0.1) is 0 Å². The summed E-state index contributed by atoms with van der Waals surface area (Å²) in [6, 6.07) is 10.9. The van der Waals surface area contributed by atoms with Gasteiger partial charge in [0.15, 0.2) is 5.78 Å². The number of rotatable bonds is 11. The molecule has 202 valence electrons. The molecule has 0 radical (unpaired) electrons. The van der Waals surface area contributed by atoms with Crippen LogP contribution in [0.2, 0.25) is 0 Å². The Morgan fingerprint density at radius 3 is 2.45 bits per heavy atom. The van der Waals surface area contributed by atoms with Gasteiger partial charge < -0.3 is 0 Å². The number of allylic oxidation sites excluding steroid dienone is 1. The third-order valence-electron chi connectivity index (χ3n) is 8.85. The van der Waals surface area contributed by atoms with E-state index in [2.05, 4.69) is 71.0 Å². The lowest BCUT2D eigenvalue weighted by Gasteiger charge is -2.33. The van der Waals surface area contributed by atoms with E-state index in [4.69, 9.17) is 0 Å². The molecule has 0 aliphatic heterocycles. The third-order valence-corrected chi connectivity index (χ3v) is 8.85. The van der Waals surface area contributed by atoms with Crippen LogP contribution in [-0.2, 0) is 22.4 Å². The van der Waals surface area contributed by atoms with E-state index in [1.54, 1.807) is 0 Å². The minimum absolute atomic E-state index is 0.0321. The SMILES string of the molecule is CCCC(CC1CC(=O)c2c(C)c(C3=Cc4ccccc4C3)cc(C(C)C)c2C1)C(CC)C(=O)CC(C)=O. The second-order valence-electron chi connectivity index (χ2n) is 12.0. The summed E-state index contributed by atoms with van der Waals surface area (Å²) < 4.78 is 0. The van der Waals surface area contributed by atoms with Crippen LogP contribution in [-0.4, -0.2) is 17.3 Å². The Morgan fingerprint density at radius 1 is 1.08 bits per heavy atom. The zero-order valence-corrected chi connectivity index (χ0v) is 24.2. The molecule has 0 fully saturated rings. The first kappa shape index (κ1) is 28.2. The Bertz CT molecular complexity index is 1260. The molecule has 0 aromatic heterocycles.